The fraction of sp³-hybridized carbons (Fsp3) is 0.625. The lowest BCUT2D eigenvalue weighted by atomic mass is 9.99. The summed E-state index contributed by atoms with van der Waals surface area (Å²) in [6.45, 7) is 2.16. The Morgan fingerprint density at radius 3 is 2.75 bits per heavy atom. The lowest BCUT2D eigenvalue weighted by Gasteiger charge is -2.32. The van der Waals surface area contributed by atoms with Gasteiger partial charge in [-0.15, -0.1) is 0 Å². The van der Waals surface area contributed by atoms with Gasteiger partial charge in [0.05, 0.1) is 18.1 Å². The third-order valence-corrected chi connectivity index (χ3v) is 6.95. The minimum Gasteiger partial charge on any atom is -0.371 e. The van der Waals surface area contributed by atoms with E-state index in [4.69, 9.17) is 4.74 Å². The average molecular weight is 351 g/mol. The van der Waals surface area contributed by atoms with E-state index in [0.29, 0.717) is 13.0 Å². The molecule has 0 aromatic carbocycles. The molecule has 8 heteroatoms. The van der Waals surface area contributed by atoms with Gasteiger partial charge in [0.25, 0.3) is 0 Å². The van der Waals surface area contributed by atoms with Gasteiger partial charge in [0.1, 0.15) is 4.90 Å². The van der Waals surface area contributed by atoms with E-state index >= 15 is 0 Å². The van der Waals surface area contributed by atoms with Crippen LogP contribution in [0, 0.1) is 5.92 Å². The van der Waals surface area contributed by atoms with Crippen molar-refractivity contribution in [3.8, 4) is 0 Å². The van der Waals surface area contributed by atoms with Crippen molar-refractivity contribution in [1.29, 1.82) is 0 Å². The Balaban J connectivity index is 1.52. The number of likely N-dealkylation sites (tertiary alicyclic amines) is 1. The predicted octanol–water partition coefficient (Wildman–Crippen LogP) is 0.482. The van der Waals surface area contributed by atoms with E-state index in [-0.39, 0.29) is 35.5 Å². The Bertz CT molecular complexity index is 718. The maximum atomic E-state index is 12.8. The molecule has 3 atom stereocenters. The van der Waals surface area contributed by atoms with Gasteiger partial charge in [-0.3, -0.25) is 9.78 Å². The Morgan fingerprint density at radius 1 is 1.25 bits per heavy atom. The summed E-state index contributed by atoms with van der Waals surface area (Å²) in [7, 11) is -3.59. The molecule has 4 rings (SSSR count). The summed E-state index contributed by atoms with van der Waals surface area (Å²) in [5, 5.41) is 0. The third kappa shape index (κ3) is 2.72. The van der Waals surface area contributed by atoms with Gasteiger partial charge in [0.15, 0.2) is 0 Å². The van der Waals surface area contributed by atoms with Crippen LogP contribution in [-0.2, 0) is 19.6 Å². The third-order valence-electron chi connectivity index (χ3n) is 5.13. The van der Waals surface area contributed by atoms with Crippen LogP contribution < -0.4 is 0 Å². The summed E-state index contributed by atoms with van der Waals surface area (Å²) < 4.78 is 32.9. The first-order valence-electron chi connectivity index (χ1n) is 8.40. The molecule has 0 N–H and O–H groups in total. The number of carbonyl (C=O) groups excluding carboxylic acids is 1. The molecule has 1 aromatic heterocycles. The molecule has 0 radical (unpaired) electrons. The molecule has 1 amide bonds. The molecule has 0 aliphatic carbocycles. The molecular weight excluding hydrogens is 330 g/mol. The normalized spacial score (nSPS) is 30.7. The van der Waals surface area contributed by atoms with Crippen molar-refractivity contribution in [2.24, 2.45) is 5.92 Å². The Labute approximate surface area is 141 Å². The molecule has 3 fully saturated rings. The molecule has 2 bridgehead atoms. The summed E-state index contributed by atoms with van der Waals surface area (Å²) in [5.74, 6) is -0.0946. The molecule has 0 saturated carbocycles. The van der Waals surface area contributed by atoms with Gasteiger partial charge in [-0.1, -0.05) is 0 Å². The summed E-state index contributed by atoms with van der Waals surface area (Å²) in [6, 6.07) is 3.16. The highest BCUT2D eigenvalue weighted by atomic mass is 32.2. The van der Waals surface area contributed by atoms with E-state index in [2.05, 4.69) is 4.98 Å². The second-order valence-electron chi connectivity index (χ2n) is 6.68. The highest BCUT2D eigenvalue weighted by Crippen LogP contribution is 2.35. The van der Waals surface area contributed by atoms with Crippen LogP contribution in [0.5, 0.6) is 0 Å². The molecule has 24 heavy (non-hydrogen) atoms. The average Bonchev–Trinajstić information content (AvgIpc) is 3.23. The standard InChI is InChI=1S/C16H21N3O4S/c20-16(18-6-1-2-7-18)14-8-12-10-19(11-15(14)23-12)24(21,22)13-4-3-5-17-9-13/h3-5,9,12,14-15H,1-2,6-8,10-11H2/t12-,14+,15-/m0/s1. The molecule has 1 aromatic rings. The first-order valence-corrected chi connectivity index (χ1v) is 9.84. The minimum absolute atomic E-state index is 0.126. The highest BCUT2D eigenvalue weighted by molar-refractivity contribution is 7.89. The molecule has 130 valence electrons. The summed E-state index contributed by atoms with van der Waals surface area (Å²) in [6.07, 6.45) is 5.07. The van der Waals surface area contributed by atoms with Gasteiger partial charge in [-0.2, -0.15) is 4.31 Å². The van der Waals surface area contributed by atoms with Gasteiger partial charge in [0, 0.05) is 38.6 Å². The number of morpholine rings is 1. The van der Waals surface area contributed by atoms with Crippen LogP contribution in [0.1, 0.15) is 19.3 Å². The van der Waals surface area contributed by atoms with Crippen LogP contribution in [0.2, 0.25) is 0 Å². The molecule has 3 aliphatic rings. The Hall–Kier alpha value is -1.51. The summed E-state index contributed by atoms with van der Waals surface area (Å²) in [5.41, 5.74) is 0. The van der Waals surface area contributed by atoms with Crippen molar-refractivity contribution in [2.45, 2.75) is 36.4 Å². The van der Waals surface area contributed by atoms with E-state index in [1.54, 1.807) is 18.3 Å². The zero-order valence-corrected chi connectivity index (χ0v) is 14.2. The lowest BCUT2D eigenvalue weighted by Crippen LogP contribution is -2.48. The van der Waals surface area contributed by atoms with Gasteiger partial charge in [-0.05, 0) is 31.4 Å². The minimum atomic E-state index is -3.59. The maximum absolute atomic E-state index is 12.8. The zero-order chi connectivity index (χ0) is 16.7. The summed E-state index contributed by atoms with van der Waals surface area (Å²) >= 11 is 0. The van der Waals surface area contributed by atoms with Crippen LogP contribution in [0.25, 0.3) is 0 Å². The number of rotatable bonds is 3. The number of pyridine rings is 1. The number of hydrogen-bond donors (Lipinski definition) is 0. The largest absolute Gasteiger partial charge is 0.371 e. The number of fused-ring (bicyclic) bond motifs is 2. The Morgan fingerprint density at radius 2 is 2.04 bits per heavy atom. The SMILES string of the molecule is O=C([C@@H]1C[C@H]2CN(S(=O)(=O)c3cccnc3)C[C@@H]1O2)N1CCCC1. The van der Waals surface area contributed by atoms with E-state index in [1.807, 2.05) is 4.90 Å². The fourth-order valence-corrected chi connectivity index (χ4v) is 5.35. The van der Waals surface area contributed by atoms with Crippen molar-refractivity contribution < 1.29 is 17.9 Å². The van der Waals surface area contributed by atoms with E-state index in [0.717, 1.165) is 25.9 Å². The number of amides is 1. The topological polar surface area (TPSA) is 79.8 Å². The highest BCUT2D eigenvalue weighted by Gasteiger charge is 2.48. The lowest BCUT2D eigenvalue weighted by molar-refractivity contribution is -0.136. The first-order chi connectivity index (χ1) is 11.6. The van der Waals surface area contributed by atoms with Crippen LogP contribution >= 0.6 is 0 Å². The van der Waals surface area contributed by atoms with Crippen LogP contribution in [0.3, 0.4) is 0 Å². The molecule has 7 nitrogen and oxygen atoms in total. The number of aromatic nitrogens is 1. The van der Waals surface area contributed by atoms with Gasteiger partial charge >= 0.3 is 0 Å². The van der Waals surface area contributed by atoms with E-state index in [1.165, 1.54) is 10.5 Å². The maximum Gasteiger partial charge on any atom is 0.244 e. The van der Waals surface area contributed by atoms with Crippen LogP contribution in [0.4, 0.5) is 0 Å². The molecule has 3 aliphatic heterocycles. The molecule has 0 spiro atoms. The number of sulfonamides is 1. The van der Waals surface area contributed by atoms with Crippen molar-refractivity contribution in [3.63, 3.8) is 0 Å². The fourth-order valence-electron chi connectivity index (χ4n) is 3.90. The predicted molar refractivity (Wildman–Crippen MR) is 85.6 cm³/mol. The number of ether oxygens (including phenoxy) is 1. The monoisotopic (exact) mass is 351 g/mol. The van der Waals surface area contributed by atoms with Crippen molar-refractivity contribution >= 4 is 15.9 Å². The van der Waals surface area contributed by atoms with Crippen LogP contribution in [0.15, 0.2) is 29.4 Å². The number of hydrogen-bond acceptors (Lipinski definition) is 5. The first kappa shape index (κ1) is 16.0. The number of nitrogens with zero attached hydrogens (tertiary/aromatic N) is 3. The Kier molecular flexibility index (Phi) is 4.06. The van der Waals surface area contributed by atoms with Crippen LogP contribution in [-0.4, -0.2) is 66.9 Å². The van der Waals surface area contributed by atoms with Gasteiger partial charge in [0.2, 0.25) is 15.9 Å². The molecule has 0 unspecified atom stereocenters. The second-order valence-corrected chi connectivity index (χ2v) is 8.62. The smallest absolute Gasteiger partial charge is 0.244 e. The molecule has 4 heterocycles. The van der Waals surface area contributed by atoms with Gasteiger partial charge in [-0.25, -0.2) is 8.42 Å². The number of carbonyl (C=O) groups is 1. The zero-order valence-electron chi connectivity index (χ0n) is 13.4. The molecule has 3 saturated heterocycles. The van der Waals surface area contributed by atoms with Gasteiger partial charge < -0.3 is 9.64 Å². The van der Waals surface area contributed by atoms with E-state index in [9.17, 15) is 13.2 Å². The molecular formula is C16H21N3O4S. The second kappa shape index (κ2) is 6.09. The summed E-state index contributed by atoms with van der Waals surface area (Å²) in [4.78, 5) is 18.7. The quantitative estimate of drug-likeness (QED) is 0.791. The van der Waals surface area contributed by atoms with Crippen molar-refractivity contribution in [3.05, 3.63) is 24.5 Å². The van der Waals surface area contributed by atoms with Crippen molar-refractivity contribution in [1.82, 2.24) is 14.2 Å². The van der Waals surface area contributed by atoms with E-state index < -0.39 is 10.0 Å². The van der Waals surface area contributed by atoms with Crippen molar-refractivity contribution in [2.75, 3.05) is 26.2 Å².